The van der Waals surface area contributed by atoms with Crippen molar-refractivity contribution in [3.63, 3.8) is 0 Å². The molecule has 1 heterocycles. The fraction of sp³-hybridized carbons (Fsp3) is 0.238. The van der Waals surface area contributed by atoms with Gasteiger partial charge in [0.1, 0.15) is 0 Å². The molecule has 0 saturated heterocycles. The second kappa shape index (κ2) is 9.32. The van der Waals surface area contributed by atoms with Crippen molar-refractivity contribution < 1.29 is 14.0 Å². The van der Waals surface area contributed by atoms with Crippen LogP contribution < -0.4 is 5.32 Å². The van der Waals surface area contributed by atoms with Gasteiger partial charge in [-0.25, -0.2) is 0 Å². The third kappa shape index (κ3) is 5.29. The lowest BCUT2D eigenvalue weighted by Gasteiger charge is -2.15. The van der Waals surface area contributed by atoms with Gasteiger partial charge in [0, 0.05) is 5.56 Å². The van der Waals surface area contributed by atoms with E-state index in [1.165, 1.54) is 6.92 Å². The summed E-state index contributed by atoms with van der Waals surface area (Å²) in [6.45, 7) is 3.45. The molecule has 0 fully saturated rings. The Morgan fingerprint density at radius 3 is 2.50 bits per heavy atom. The molecule has 28 heavy (non-hydrogen) atoms. The first-order chi connectivity index (χ1) is 13.5. The molecular formula is C21H21N3O3S. The summed E-state index contributed by atoms with van der Waals surface area (Å²) in [4.78, 5) is 24.2. The average molecular weight is 395 g/mol. The summed E-state index contributed by atoms with van der Waals surface area (Å²) >= 11 is 1.15. The molecule has 0 aliphatic rings. The van der Waals surface area contributed by atoms with Gasteiger partial charge >= 0.3 is 0 Å². The van der Waals surface area contributed by atoms with Gasteiger partial charge in [0.2, 0.25) is 11.8 Å². The Bertz CT molecular complexity index is 956. The molecule has 2 aromatic carbocycles. The van der Waals surface area contributed by atoms with Crippen LogP contribution in [0.2, 0.25) is 0 Å². The Labute approximate surface area is 167 Å². The fourth-order valence-corrected chi connectivity index (χ4v) is 3.27. The highest BCUT2D eigenvalue weighted by molar-refractivity contribution is 7.99. The maximum Gasteiger partial charge on any atom is 0.277 e. The lowest BCUT2D eigenvalue weighted by molar-refractivity contribution is -0.125. The number of aromatic nitrogens is 2. The van der Waals surface area contributed by atoms with Crippen molar-refractivity contribution in [2.45, 2.75) is 31.5 Å². The minimum Gasteiger partial charge on any atom is -0.411 e. The van der Waals surface area contributed by atoms with E-state index in [0.29, 0.717) is 17.5 Å². The summed E-state index contributed by atoms with van der Waals surface area (Å²) in [6.07, 6.45) is 0.463. The van der Waals surface area contributed by atoms with Crippen molar-refractivity contribution in [2.75, 3.05) is 5.75 Å². The highest BCUT2D eigenvalue weighted by Crippen LogP contribution is 2.25. The standard InChI is InChI=1S/C21H21N3O3S/c1-14-8-6-7-11-17(14)20-23-24-21(27-20)28-13-19(26)22-18(15(2)25)12-16-9-4-3-5-10-16/h3-11,18H,12-13H2,1-2H3,(H,22,26). The number of aryl methyl sites for hydroxylation is 1. The molecule has 3 rings (SSSR count). The highest BCUT2D eigenvalue weighted by atomic mass is 32.2. The van der Waals surface area contributed by atoms with Crippen LogP contribution in [0, 0.1) is 6.92 Å². The molecular weight excluding hydrogens is 374 g/mol. The van der Waals surface area contributed by atoms with Crippen LogP contribution in [0.4, 0.5) is 0 Å². The van der Waals surface area contributed by atoms with Crippen LogP contribution in [0.5, 0.6) is 0 Å². The predicted molar refractivity (Wildman–Crippen MR) is 108 cm³/mol. The van der Waals surface area contributed by atoms with E-state index in [1.807, 2.05) is 61.5 Å². The fourth-order valence-electron chi connectivity index (χ4n) is 2.70. The van der Waals surface area contributed by atoms with E-state index >= 15 is 0 Å². The van der Waals surface area contributed by atoms with Gasteiger partial charge in [0.25, 0.3) is 5.22 Å². The Morgan fingerprint density at radius 2 is 1.79 bits per heavy atom. The minimum absolute atomic E-state index is 0.0816. The number of thioether (sulfide) groups is 1. The molecule has 1 aromatic heterocycles. The van der Waals surface area contributed by atoms with E-state index in [9.17, 15) is 9.59 Å². The zero-order chi connectivity index (χ0) is 19.9. The molecule has 1 unspecified atom stereocenters. The van der Waals surface area contributed by atoms with Gasteiger partial charge in [-0.2, -0.15) is 0 Å². The van der Waals surface area contributed by atoms with Crippen LogP contribution in [0.1, 0.15) is 18.1 Å². The Kier molecular flexibility index (Phi) is 6.60. The van der Waals surface area contributed by atoms with E-state index in [0.717, 1.165) is 28.5 Å². The highest BCUT2D eigenvalue weighted by Gasteiger charge is 2.19. The summed E-state index contributed by atoms with van der Waals surface area (Å²) in [7, 11) is 0. The van der Waals surface area contributed by atoms with Crippen molar-refractivity contribution in [3.05, 3.63) is 65.7 Å². The number of hydrogen-bond donors (Lipinski definition) is 1. The number of Topliss-reactive ketones (excluding diaryl/α,β-unsaturated/α-hetero) is 1. The largest absolute Gasteiger partial charge is 0.411 e. The number of nitrogens with one attached hydrogen (secondary N) is 1. The first kappa shape index (κ1) is 19.8. The van der Waals surface area contributed by atoms with Crippen LogP contribution in [0.15, 0.2) is 64.2 Å². The Hall–Kier alpha value is -2.93. The van der Waals surface area contributed by atoms with Crippen LogP contribution in [-0.4, -0.2) is 33.7 Å². The number of benzene rings is 2. The van der Waals surface area contributed by atoms with Gasteiger partial charge in [-0.15, -0.1) is 10.2 Å². The van der Waals surface area contributed by atoms with E-state index in [1.54, 1.807) is 0 Å². The molecule has 0 aliphatic heterocycles. The van der Waals surface area contributed by atoms with Crippen LogP contribution in [-0.2, 0) is 16.0 Å². The van der Waals surface area contributed by atoms with Crippen molar-refractivity contribution in [1.29, 1.82) is 0 Å². The molecule has 0 bridgehead atoms. The summed E-state index contributed by atoms with van der Waals surface area (Å²) in [5, 5.41) is 11.1. The minimum atomic E-state index is -0.555. The number of amides is 1. The molecule has 0 saturated carbocycles. The molecule has 1 N–H and O–H groups in total. The summed E-state index contributed by atoms with van der Waals surface area (Å²) in [6, 6.07) is 16.8. The number of nitrogens with zero attached hydrogens (tertiary/aromatic N) is 2. The molecule has 1 atom stereocenters. The predicted octanol–water partition coefficient (Wildman–Crippen LogP) is 3.45. The lowest BCUT2D eigenvalue weighted by atomic mass is 10.0. The quantitative estimate of drug-likeness (QED) is 0.588. The number of ketones is 1. The third-order valence-electron chi connectivity index (χ3n) is 4.22. The second-order valence-corrected chi connectivity index (χ2v) is 7.32. The number of rotatable bonds is 8. The van der Waals surface area contributed by atoms with Gasteiger partial charge < -0.3 is 9.73 Å². The van der Waals surface area contributed by atoms with Gasteiger partial charge in [-0.1, -0.05) is 60.3 Å². The maximum atomic E-state index is 12.3. The van der Waals surface area contributed by atoms with Gasteiger partial charge in [-0.3, -0.25) is 9.59 Å². The van der Waals surface area contributed by atoms with Gasteiger partial charge in [0.05, 0.1) is 11.8 Å². The molecule has 7 heteroatoms. The summed E-state index contributed by atoms with van der Waals surface area (Å²) in [5.74, 6) is 0.179. The molecule has 0 radical (unpaired) electrons. The van der Waals surface area contributed by atoms with Crippen LogP contribution >= 0.6 is 11.8 Å². The van der Waals surface area contributed by atoms with E-state index in [-0.39, 0.29) is 17.4 Å². The van der Waals surface area contributed by atoms with Crippen LogP contribution in [0.25, 0.3) is 11.5 Å². The van der Waals surface area contributed by atoms with Gasteiger partial charge in [-0.05, 0) is 37.5 Å². The van der Waals surface area contributed by atoms with Crippen molar-refractivity contribution >= 4 is 23.5 Å². The monoisotopic (exact) mass is 395 g/mol. The number of carbonyl (C=O) groups excluding carboxylic acids is 2. The average Bonchev–Trinajstić information content (AvgIpc) is 3.16. The van der Waals surface area contributed by atoms with E-state index in [2.05, 4.69) is 15.5 Å². The number of hydrogen-bond acceptors (Lipinski definition) is 6. The third-order valence-corrected chi connectivity index (χ3v) is 5.04. The van der Waals surface area contributed by atoms with E-state index < -0.39 is 6.04 Å². The normalized spacial score (nSPS) is 11.8. The molecule has 6 nitrogen and oxygen atoms in total. The molecule has 0 aliphatic carbocycles. The van der Waals surface area contributed by atoms with Crippen LogP contribution in [0.3, 0.4) is 0 Å². The Balaban J connectivity index is 1.56. The molecule has 1 amide bonds. The molecule has 3 aromatic rings. The zero-order valence-electron chi connectivity index (χ0n) is 15.7. The Morgan fingerprint density at radius 1 is 1.07 bits per heavy atom. The zero-order valence-corrected chi connectivity index (χ0v) is 16.5. The van der Waals surface area contributed by atoms with Crippen molar-refractivity contribution in [3.8, 4) is 11.5 Å². The SMILES string of the molecule is CC(=O)C(Cc1ccccc1)NC(=O)CSc1nnc(-c2ccccc2C)o1. The first-order valence-corrected chi connectivity index (χ1v) is 9.87. The summed E-state index contributed by atoms with van der Waals surface area (Å²) < 4.78 is 5.64. The lowest BCUT2D eigenvalue weighted by Crippen LogP contribution is -2.42. The van der Waals surface area contributed by atoms with Crippen molar-refractivity contribution in [2.24, 2.45) is 0 Å². The second-order valence-electron chi connectivity index (χ2n) is 6.40. The number of carbonyl (C=O) groups is 2. The molecule has 0 spiro atoms. The topological polar surface area (TPSA) is 85.1 Å². The van der Waals surface area contributed by atoms with Gasteiger partial charge in [0.15, 0.2) is 5.78 Å². The molecule has 144 valence electrons. The van der Waals surface area contributed by atoms with Crippen molar-refractivity contribution in [1.82, 2.24) is 15.5 Å². The first-order valence-electron chi connectivity index (χ1n) is 8.89. The van der Waals surface area contributed by atoms with E-state index in [4.69, 9.17) is 4.42 Å². The smallest absolute Gasteiger partial charge is 0.277 e. The maximum absolute atomic E-state index is 12.3. The summed E-state index contributed by atoms with van der Waals surface area (Å²) in [5.41, 5.74) is 2.90.